The topological polar surface area (TPSA) is 0 Å². The zero-order valence-electron chi connectivity index (χ0n) is 44.5. The molecule has 0 aromatic carbocycles. The summed E-state index contributed by atoms with van der Waals surface area (Å²) in [6.45, 7) is 9.50. The van der Waals surface area contributed by atoms with Gasteiger partial charge in [0.25, 0.3) is 0 Å². The fraction of sp³-hybridized carbons (Fsp3) is 0.793. The summed E-state index contributed by atoms with van der Waals surface area (Å²) in [5.74, 6) is 1.82. The summed E-state index contributed by atoms with van der Waals surface area (Å²) in [7, 11) is 0. The van der Waals surface area contributed by atoms with E-state index in [0.717, 1.165) is 11.8 Å². The third-order valence-electron chi connectivity index (χ3n) is 15.5. The molecule has 0 nitrogen and oxygen atoms in total. The molecule has 5 heterocycles. The Kier molecular flexibility index (Phi) is 26.3. The molecular weight excluding hydrogens is 1130 g/mol. The van der Waals surface area contributed by atoms with Crippen LogP contribution < -0.4 is 14.6 Å². The summed E-state index contributed by atoms with van der Waals surface area (Å²) in [5, 5.41) is 3.21. The molecule has 0 bridgehead atoms. The van der Waals surface area contributed by atoms with E-state index in [1.165, 1.54) is 205 Å². The Morgan fingerprint density at radius 3 is 0.892 bits per heavy atom. The van der Waals surface area contributed by atoms with Gasteiger partial charge in [-0.25, -0.2) is 0 Å². The van der Waals surface area contributed by atoms with Crippen LogP contribution in [0.2, 0.25) is 40.1 Å². The van der Waals surface area contributed by atoms with Crippen LogP contribution in [0.15, 0.2) is 12.1 Å². The van der Waals surface area contributed by atoms with Gasteiger partial charge in [0.15, 0.2) is 0 Å². The Balaban J connectivity index is 1.59. The Morgan fingerprint density at radius 1 is 0.369 bits per heavy atom. The Morgan fingerprint density at radius 2 is 0.631 bits per heavy atom. The first-order chi connectivity index (χ1) is 31.4. The molecule has 0 spiro atoms. The van der Waals surface area contributed by atoms with E-state index in [1.807, 2.05) is 24.9 Å². The van der Waals surface area contributed by atoms with Gasteiger partial charge in [0.2, 0.25) is 0 Å². The maximum atomic E-state index is 2.77. The van der Waals surface area contributed by atoms with Crippen molar-refractivity contribution in [2.24, 2.45) is 11.8 Å². The molecule has 4 aromatic rings. The quantitative estimate of drug-likeness (QED) is 0.0310. The van der Waals surface area contributed by atoms with E-state index in [4.69, 9.17) is 0 Å². The van der Waals surface area contributed by atoms with Crippen molar-refractivity contribution in [1.82, 2.24) is 0 Å². The molecule has 7 heteroatoms. The van der Waals surface area contributed by atoms with Crippen molar-refractivity contribution in [2.45, 2.75) is 273 Å². The van der Waals surface area contributed by atoms with Crippen molar-refractivity contribution in [3.63, 3.8) is 0 Å². The zero-order chi connectivity index (χ0) is 46.7. The van der Waals surface area contributed by atoms with Crippen molar-refractivity contribution in [3.05, 3.63) is 12.1 Å². The minimum atomic E-state index is -2.99. The van der Waals surface area contributed by atoms with Crippen LogP contribution in [0.25, 0.3) is 28.6 Å². The van der Waals surface area contributed by atoms with E-state index in [0.29, 0.717) is 0 Å². The molecule has 0 N–H and O–H groups in total. The summed E-state index contributed by atoms with van der Waals surface area (Å²) < 4.78 is 14.9. The summed E-state index contributed by atoms with van der Waals surface area (Å²) in [6.07, 6.45) is 46.5. The first-order valence-corrected chi connectivity index (χ1v) is 56.8. The first-order valence-electron chi connectivity index (χ1n) is 28.5. The van der Waals surface area contributed by atoms with E-state index in [2.05, 4.69) is 124 Å². The van der Waals surface area contributed by atoms with Crippen LogP contribution in [0.1, 0.15) is 233 Å². The van der Waals surface area contributed by atoms with Gasteiger partial charge < -0.3 is 0 Å². The van der Waals surface area contributed by atoms with E-state index in [-0.39, 0.29) is 0 Å². The molecule has 2 atom stereocenters. The zero-order valence-corrected chi connectivity index (χ0v) is 55.6. The van der Waals surface area contributed by atoms with Crippen molar-refractivity contribution >= 4 is 129 Å². The van der Waals surface area contributed by atoms with Gasteiger partial charge in [-0.3, -0.25) is 0 Å². The van der Waals surface area contributed by atoms with Gasteiger partial charge in [-0.15, -0.1) is 0 Å². The first kappa shape index (κ1) is 57.4. The third-order valence-corrected chi connectivity index (χ3v) is 52.3. The van der Waals surface area contributed by atoms with Crippen molar-refractivity contribution in [3.8, 4) is 9.75 Å². The second kappa shape index (κ2) is 29.8. The van der Waals surface area contributed by atoms with Crippen LogP contribution in [0.5, 0.6) is 0 Å². The second-order valence-electron chi connectivity index (χ2n) is 23.6. The summed E-state index contributed by atoms with van der Waals surface area (Å²) >= 11 is 1.78. The molecule has 0 saturated heterocycles. The van der Waals surface area contributed by atoms with Crippen LogP contribution in [0.4, 0.5) is 0 Å². The van der Waals surface area contributed by atoms with Gasteiger partial charge in [0.05, 0.1) is 0 Å². The molecular formula is C58H102GeS4Sn2. The van der Waals surface area contributed by atoms with Crippen LogP contribution in [-0.4, -0.2) is 50.0 Å². The Hall–Kier alpha value is 1.46. The molecule has 370 valence electrons. The predicted octanol–water partition coefficient (Wildman–Crippen LogP) is 20.7. The molecule has 0 saturated carbocycles. The Labute approximate surface area is 431 Å². The average Bonchev–Trinajstić information content (AvgIpc) is 4.07. The number of fused-ring (bicyclic) bond motifs is 7. The molecule has 0 radical (unpaired) electrons. The van der Waals surface area contributed by atoms with Crippen LogP contribution in [-0.2, 0) is 0 Å². The van der Waals surface area contributed by atoms with Gasteiger partial charge in [-0.2, -0.15) is 0 Å². The second-order valence-corrected chi connectivity index (χ2v) is 67.0. The number of hydrogen-bond acceptors (Lipinski definition) is 4. The average molecular weight is 1240 g/mol. The molecule has 0 aliphatic carbocycles. The fourth-order valence-corrected chi connectivity index (χ4v) is 46.9. The third kappa shape index (κ3) is 17.3. The van der Waals surface area contributed by atoms with Crippen molar-refractivity contribution in [2.75, 3.05) is 0 Å². The molecule has 4 aromatic heterocycles. The standard InChI is InChI=1S/C52H84GeS4.6CH3.2Sn/c1-5-9-13-17-21-23-27-31-35-43(33-29-25-19-15-11-7-3)41-53(42-44(34-30-26-20-16-12-8-4)36-32-28-24-22-18-14-10-6-2)47-49-45(37-39-54-49)56-51(47)52-48(53)50-46(57-52)38-40-55-50;;;;;;;;/h37-38,43-44H,5-36,41-42H2,1-4H3;6*1H3;;. The molecule has 1 aliphatic heterocycles. The van der Waals surface area contributed by atoms with Crippen LogP contribution in [0, 0.1) is 11.8 Å². The van der Waals surface area contributed by atoms with E-state index >= 15 is 0 Å². The van der Waals surface area contributed by atoms with Gasteiger partial charge in [0, 0.05) is 0 Å². The molecule has 5 rings (SSSR count). The predicted molar refractivity (Wildman–Crippen MR) is 316 cm³/mol. The molecule has 2 unspecified atom stereocenters. The monoisotopic (exact) mass is 1240 g/mol. The van der Waals surface area contributed by atoms with E-state index < -0.39 is 50.0 Å². The summed E-state index contributed by atoms with van der Waals surface area (Å²) in [4.78, 5) is 19.8. The number of unbranched alkanes of at least 4 members (excludes halogenated alkanes) is 24. The van der Waals surface area contributed by atoms with Gasteiger partial charge in [-0.05, 0) is 0 Å². The maximum absolute atomic E-state index is 2.99. The van der Waals surface area contributed by atoms with Crippen molar-refractivity contribution in [1.29, 1.82) is 0 Å². The Bertz CT molecular complexity index is 1760. The van der Waals surface area contributed by atoms with Crippen LogP contribution in [0.3, 0.4) is 0 Å². The number of rotatable bonds is 38. The fourth-order valence-electron chi connectivity index (χ4n) is 11.6. The van der Waals surface area contributed by atoms with Gasteiger partial charge >= 0.3 is 436 Å². The molecule has 65 heavy (non-hydrogen) atoms. The SMILES string of the molecule is CCCCCCCCCCC(CCCCCCCC)[CH2][Ge]1([CH2]C(CCCCCCCC)CCCCCCCCCC)[c]2c(sc3c[c]([Sn]([CH3])([CH3])[CH3])sc23)-c2sc3c[c]([Sn]([CH3])([CH3])[CH3])sc3[c]21. The molecule has 0 fully saturated rings. The van der Waals surface area contributed by atoms with Crippen LogP contribution >= 0.6 is 45.3 Å². The minimum absolute atomic E-state index is 0.908. The van der Waals surface area contributed by atoms with E-state index in [9.17, 15) is 0 Å². The normalized spacial score (nSPS) is 14.9. The summed E-state index contributed by atoms with van der Waals surface area (Å²) in [6, 6.07) is 5.55. The van der Waals surface area contributed by atoms with Gasteiger partial charge in [0.1, 0.15) is 0 Å². The molecule has 0 amide bonds. The molecule has 1 aliphatic rings. The number of thiophene rings is 4. The summed E-state index contributed by atoms with van der Waals surface area (Å²) in [5.41, 5.74) is 0. The van der Waals surface area contributed by atoms with Crippen molar-refractivity contribution < 1.29 is 0 Å². The van der Waals surface area contributed by atoms with E-state index in [1.54, 1.807) is 19.9 Å². The number of hydrogen-bond donors (Lipinski definition) is 0. The van der Waals surface area contributed by atoms with Gasteiger partial charge in [-0.1, -0.05) is 0 Å².